The number of rotatable bonds is 5. The molecule has 0 bridgehead atoms. The molecule has 2 heterocycles. The number of hydrogen-bond donors (Lipinski definition) is 1. The zero-order chi connectivity index (χ0) is 14.5. The SMILES string of the molecule is CCC(CNc1cc(C)nc(C)c1C#N)N1CCCC1. The number of hydrogen-bond acceptors (Lipinski definition) is 4. The summed E-state index contributed by atoms with van der Waals surface area (Å²) < 4.78 is 0. The lowest BCUT2D eigenvalue weighted by molar-refractivity contribution is 0.246. The molecule has 1 saturated heterocycles. The van der Waals surface area contributed by atoms with Gasteiger partial charge in [0.15, 0.2) is 0 Å². The lowest BCUT2D eigenvalue weighted by Crippen LogP contribution is -2.37. The van der Waals surface area contributed by atoms with E-state index in [9.17, 15) is 5.26 Å². The van der Waals surface area contributed by atoms with Gasteiger partial charge in [-0.3, -0.25) is 9.88 Å². The molecular weight excluding hydrogens is 248 g/mol. The fourth-order valence-electron chi connectivity index (χ4n) is 2.98. The fraction of sp³-hybridized carbons (Fsp3) is 0.625. The molecule has 0 aromatic carbocycles. The molecule has 1 aliphatic rings. The first-order valence-electron chi connectivity index (χ1n) is 7.52. The summed E-state index contributed by atoms with van der Waals surface area (Å²) in [5.41, 5.74) is 3.37. The van der Waals surface area contributed by atoms with Crippen molar-refractivity contribution in [2.45, 2.75) is 46.1 Å². The zero-order valence-electron chi connectivity index (χ0n) is 12.7. The number of nitrogens with one attached hydrogen (secondary N) is 1. The van der Waals surface area contributed by atoms with Crippen LogP contribution in [0.15, 0.2) is 6.07 Å². The average molecular weight is 272 g/mol. The van der Waals surface area contributed by atoms with Crippen LogP contribution in [0, 0.1) is 25.2 Å². The van der Waals surface area contributed by atoms with E-state index in [1.54, 1.807) is 0 Å². The first-order chi connectivity index (χ1) is 9.65. The number of likely N-dealkylation sites (tertiary alicyclic amines) is 1. The highest BCUT2D eigenvalue weighted by Gasteiger charge is 2.20. The van der Waals surface area contributed by atoms with Crippen LogP contribution in [0.4, 0.5) is 5.69 Å². The molecule has 4 nitrogen and oxygen atoms in total. The Morgan fingerprint density at radius 3 is 2.70 bits per heavy atom. The molecule has 1 aliphatic heterocycles. The molecule has 0 amide bonds. The Labute approximate surface area is 121 Å². The molecule has 1 unspecified atom stereocenters. The van der Waals surface area contributed by atoms with Gasteiger partial charge < -0.3 is 5.32 Å². The van der Waals surface area contributed by atoms with Gasteiger partial charge in [-0.15, -0.1) is 0 Å². The molecule has 4 heteroatoms. The second kappa shape index (κ2) is 6.71. The van der Waals surface area contributed by atoms with Crippen LogP contribution in [0.1, 0.15) is 43.1 Å². The first-order valence-corrected chi connectivity index (χ1v) is 7.52. The van der Waals surface area contributed by atoms with Crippen molar-refractivity contribution in [3.05, 3.63) is 23.0 Å². The third-order valence-corrected chi connectivity index (χ3v) is 4.10. The zero-order valence-corrected chi connectivity index (χ0v) is 12.7. The van der Waals surface area contributed by atoms with Gasteiger partial charge in [-0.1, -0.05) is 6.92 Å². The minimum atomic E-state index is 0.554. The number of nitrogens with zero attached hydrogens (tertiary/aromatic N) is 3. The van der Waals surface area contributed by atoms with Crippen LogP contribution >= 0.6 is 0 Å². The Balaban J connectivity index is 2.08. The molecule has 2 rings (SSSR count). The summed E-state index contributed by atoms with van der Waals surface area (Å²) in [6, 6.07) is 4.79. The molecule has 1 fully saturated rings. The monoisotopic (exact) mass is 272 g/mol. The summed E-state index contributed by atoms with van der Waals surface area (Å²) in [5.74, 6) is 0. The molecule has 1 aromatic heterocycles. The van der Waals surface area contributed by atoms with Crippen LogP contribution in [-0.4, -0.2) is 35.6 Å². The molecule has 1 atom stereocenters. The van der Waals surface area contributed by atoms with Crippen molar-refractivity contribution in [2.24, 2.45) is 0 Å². The molecule has 0 saturated carbocycles. The largest absolute Gasteiger partial charge is 0.382 e. The van der Waals surface area contributed by atoms with Gasteiger partial charge in [-0.25, -0.2) is 0 Å². The van der Waals surface area contributed by atoms with Crippen molar-refractivity contribution < 1.29 is 0 Å². The highest BCUT2D eigenvalue weighted by molar-refractivity contribution is 5.59. The second-order valence-corrected chi connectivity index (χ2v) is 5.57. The van der Waals surface area contributed by atoms with E-state index in [2.05, 4.69) is 28.2 Å². The summed E-state index contributed by atoms with van der Waals surface area (Å²) >= 11 is 0. The summed E-state index contributed by atoms with van der Waals surface area (Å²) in [5, 5.41) is 12.8. The fourth-order valence-corrected chi connectivity index (χ4v) is 2.98. The van der Waals surface area contributed by atoms with Gasteiger partial charge in [0.05, 0.1) is 16.9 Å². The van der Waals surface area contributed by atoms with E-state index < -0.39 is 0 Å². The summed E-state index contributed by atoms with van der Waals surface area (Å²) in [4.78, 5) is 6.91. The summed E-state index contributed by atoms with van der Waals surface area (Å²) in [6.07, 6.45) is 3.76. The van der Waals surface area contributed by atoms with Crippen LogP contribution in [0.2, 0.25) is 0 Å². The molecule has 0 radical (unpaired) electrons. The Bertz CT molecular complexity index is 498. The number of nitriles is 1. The van der Waals surface area contributed by atoms with Gasteiger partial charge >= 0.3 is 0 Å². The van der Waals surface area contributed by atoms with Crippen molar-refractivity contribution in [3.8, 4) is 6.07 Å². The van der Waals surface area contributed by atoms with E-state index in [0.29, 0.717) is 11.6 Å². The second-order valence-electron chi connectivity index (χ2n) is 5.57. The van der Waals surface area contributed by atoms with E-state index in [1.165, 1.54) is 25.9 Å². The van der Waals surface area contributed by atoms with Gasteiger partial charge in [0.2, 0.25) is 0 Å². The molecule has 20 heavy (non-hydrogen) atoms. The Morgan fingerprint density at radius 1 is 1.40 bits per heavy atom. The predicted molar refractivity (Wildman–Crippen MR) is 81.8 cm³/mol. The Hall–Kier alpha value is -1.60. The maximum atomic E-state index is 9.28. The van der Waals surface area contributed by atoms with Crippen LogP contribution in [-0.2, 0) is 0 Å². The number of pyridine rings is 1. The van der Waals surface area contributed by atoms with Crippen molar-refractivity contribution in [1.29, 1.82) is 5.26 Å². The third kappa shape index (κ3) is 3.29. The number of anilines is 1. The summed E-state index contributed by atoms with van der Waals surface area (Å²) in [7, 11) is 0. The van der Waals surface area contributed by atoms with Gasteiger partial charge in [0.25, 0.3) is 0 Å². The molecule has 0 spiro atoms. The van der Waals surface area contributed by atoms with Crippen LogP contribution in [0.25, 0.3) is 0 Å². The van der Waals surface area contributed by atoms with E-state index in [-0.39, 0.29) is 0 Å². The van der Waals surface area contributed by atoms with E-state index in [1.807, 2.05) is 19.9 Å². The highest BCUT2D eigenvalue weighted by Crippen LogP contribution is 2.20. The van der Waals surface area contributed by atoms with Crippen LogP contribution in [0.3, 0.4) is 0 Å². The van der Waals surface area contributed by atoms with E-state index >= 15 is 0 Å². The smallest absolute Gasteiger partial charge is 0.103 e. The van der Waals surface area contributed by atoms with Gasteiger partial charge in [0, 0.05) is 18.3 Å². The summed E-state index contributed by atoms with van der Waals surface area (Å²) in [6.45, 7) is 9.41. The van der Waals surface area contributed by atoms with Crippen molar-refractivity contribution in [2.75, 3.05) is 25.0 Å². The van der Waals surface area contributed by atoms with Crippen LogP contribution in [0.5, 0.6) is 0 Å². The highest BCUT2D eigenvalue weighted by atomic mass is 15.2. The first kappa shape index (κ1) is 14.8. The quantitative estimate of drug-likeness (QED) is 0.895. The van der Waals surface area contributed by atoms with Gasteiger partial charge in [0.1, 0.15) is 6.07 Å². The van der Waals surface area contributed by atoms with E-state index in [4.69, 9.17) is 0 Å². The molecule has 0 aliphatic carbocycles. The Kier molecular flexibility index (Phi) is 4.97. The lowest BCUT2D eigenvalue weighted by Gasteiger charge is -2.27. The standard InChI is InChI=1S/C16H24N4/c1-4-14(20-7-5-6-8-20)11-18-16-9-12(2)19-13(3)15(16)10-17/h9,14H,4-8,11H2,1-3H3,(H,18,19). The Morgan fingerprint density at radius 2 is 2.10 bits per heavy atom. The maximum Gasteiger partial charge on any atom is 0.103 e. The normalized spacial score (nSPS) is 16.9. The maximum absolute atomic E-state index is 9.28. The van der Waals surface area contributed by atoms with E-state index in [0.717, 1.165) is 30.0 Å². The van der Waals surface area contributed by atoms with Gasteiger partial charge in [-0.05, 0) is 52.3 Å². The van der Waals surface area contributed by atoms with Crippen molar-refractivity contribution in [3.63, 3.8) is 0 Å². The minimum Gasteiger partial charge on any atom is -0.382 e. The number of aryl methyl sites for hydroxylation is 2. The topological polar surface area (TPSA) is 52.0 Å². The molecule has 1 N–H and O–H groups in total. The van der Waals surface area contributed by atoms with Crippen molar-refractivity contribution >= 4 is 5.69 Å². The molecule has 108 valence electrons. The van der Waals surface area contributed by atoms with Gasteiger partial charge in [-0.2, -0.15) is 5.26 Å². The average Bonchev–Trinajstić information content (AvgIpc) is 2.93. The van der Waals surface area contributed by atoms with Crippen LogP contribution < -0.4 is 5.32 Å². The molecule has 1 aromatic rings. The third-order valence-electron chi connectivity index (χ3n) is 4.10. The predicted octanol–water partition coefficient (Wildman–Crippen LogP) is 2.86. The molecular formula is C16H24N4. The minimum absolute atomic E-state index is 0.554. The number of aromatic nitrogens is 1. The lowest BCUT2D eigenvalue weighted by atomic mass is 10.1. The van der Waals surface area contributed by atoms with Crippen molar-refractivity contribution in [1.82, 2.24) is 9.88 Å².